The van der Waals surface area contributed by atoms with Gasteiger partial charge in [0.2, 0.25) is 0 Å². The molecular weight excluding hydrogens is 326 g/mol. The van der Waals surface area contributed by atoms with Crippen molar-refractivity contribution < 1.29 is 4.74 Å². The van der Waals surface area contributed by atoms with Gasteiger partial charge in [0.15, 0.2) is 0 Å². The fraction of sp³-hybridized carbons (Fsp3) is 0.667. The van der Waals surface area contributed by atoms with Crippen molar-refractivity contribution in [2.75, 3.05) is 13.7 Å². The average molecular weight is 354 g/mol. The first kappa shape index (κ1) is 16.8. The molecule has 1 fully saturated rings. The van der Waals surface area contributed by atoms with Gasteiger partial charge in [0, 0.05) is 6.04 Å². The van der Waals surface area contributed by atoms with E-state index >= 15 is 0 Å². The molecule has 0 heterocycles. The van der Waals surface area contributed by atoms with Gasteiger partial charge in [-0.2, -0.15) is 0 Å². The maximum atomic E-state index is 5.35. The van der Waals surface area contributed by atoms with Crippen molar-refractivity contribution in [1.82, 2.24) is 5.32 Å². The Kier molecular flexibility index (Phi) is 6.56. The molecule has 2 rings (SSSR count). The van der Waals surface area contributed by atoms with E-state index in [9.17, 15) is 0 Å². The number of benzene rings is 1. The summed E-state index contributed by atoms with van der Waals surface area (Å²) in [5.74, 6) is 2.56. The van der Waals surface area contributed by atoms with Crippen molar-refractivity contribution in [1.29, 1.82) is 0 Å². The number of ether oxygens (including phenoxy) is 1. The zero-order valence-electron chi connectivity index (χ0n) is 13.5. The molecule has 2 nitrogen and oxygen atoms in total. The van der Waals surface area contributed by atoms with E-state index < -0.39 is 0 Å². The van der Waals surface area contributed by atoms with Gasteiger partial charge >= 0.3 is 0 Å². The van der Waals surface area contributed by atoms with Crippen LogP contribution >= 0.6 is 15.9 Å². The molecule has 0 spiro atoms. The zero-order valence-corrected chi connectivity index (χ0v) is 15.1. The highest BCUT2D eigenvalue weighted by Crippen LogP contribution is 2.38. The molecule has 1 N–H and O–H groups in total. The quantitative estimate of drug-likeness (QED) is 0.746. The second-order valence-electron chi connectivity index (χ2n) is 6.35. The summed E-state index contributed by atoms with van der Waals surface area (Å²) < 4.78 is 6.40. The Morgan fingerprint density at radius 3 is 2.57 bits per heavy atom. The molecular formula is C18H28BrNO. The Morgan fingerprint density at radius 2 is 2.00 bits per heavy atom. The van der Waals surface area contributed by atoms with Crippen LogP contribution in [0.2, 0.25) is 0 Å². The summed E-state index contributed by atoms with van der Waals surface area (Å²) in [6.07, 6.45) is 6.59. The molecule has 21 heavy (non-hydrogen) atoms. The molecule has 1 aromatic rings. The minimum atomic E-state index is 0.472. The smallest absolute Gasteiger partial charge is 0.133 e. The zero-order chi connectivity index (χ0) is 15.2. The van der Waals surface area contributed by atoms with Crippen molar-refractivity contribution in [2.45, 2.75) is 52.0 Å². The lowest BCUT2D eigenvalue weighted by molar-refractivity contribution is 0.231. The number of methoxy groups -OCH3 is 1. The van der Waals surface area contributed by atoms with Gasteiger partial charge in [0.25, 0.3) is 0 Å². The van der Waals surface area contributed by atoms with Crippen molar-refractivity contribution >= 4 is 15.9 Å². The summed E-state index contributed by atoms with van der Waals surface area (Å²) in [5, 5.41) is 3.77. The Labute approximate surface area is 137 Å². The molecule has 1 unspecified atom stereocenters. The first-order valence-electron chi connectivity index (χ1n) is 8.22. The molecule has 1 aromatic carbocycles. The van der Waals surface area contributed by atoms with Crippen LogP contribution in [-0.4, -0.2) is 13.7 Å². The van der Waals surface area contributed by atoms with Gasteiger partial charge in [0.05, 0.1) is 11.6 Å². The largest absolute Gasteiger partial charge is 0.496 e. The van der Waals surface area contributed by atoms with E-state index in [1.807, 2.05) is 0 Å². The van der Waals surface area contributed by atoms with Crippen LogP contribution in [0, 0.1) is 11.8 Å². The molecule has 0 aromatic heterocycles. The highest BCUT2D eigenvalue weighted by Gasteiger charge is 2.27. The highest BCUT2D eigenvalue weighted by atomic mass is 79.9. The summed E-state index contributed by atoms with van der Waals surface area (Å²) in [7, 11) is 1.72. The minimum absolute atomic E-state index is 0.472. The first-order valence-corrected chi connectivity index (χ1v) is 9.01. The predicted molar refractivity (Wildman–Crippen MR) is 92.9 cm³/mol. The van der Waals surface area contributed by atoms with Gasteiger partial charge < -0.3 is 10.1 Å². The van der Waals surface area contributed by atoms with Crippen molar-refractivity contribution in [3.05, 3.63) is 28.2 Å². The van der Waals surface area contributed by atoms with E-state index in [2.05, 4.69) is 53.3 Å². The topological polar surface area (TPSA) is 21.3 Å². The molecule has 0 bridgehead atoms. The van der Waals surface area contributed by atoms with Crippen LogP contribution in [-0.2, 0) is 0 Å². The fourth-order valence-corrected chi connectivity index (χ4v) is 3.91. The van der Waals surface area contributed by atoms with Crippen LogP contribution in [0.25, 0.3) is 0 Å². The lowest BCUT2D eigenvalue weighted by Gasteiger charge is -2.34. The SMILES string of the molecule is CCCNC(c1ccc(OC)c(Br)c1)C1CCC(C)CC1. The summed E-state index contributed by atoms with van der Waals surface area (Å²) >= 11 is 3.62. The van der Waals surface area contributed by atoms with Gasteiger partial charge in [-0.25, -0.2) is 0 Å². The Bertz CT molecular complexity index is 441. The van der Waals surface area contributed by atoms with E-state index in [0.29, 0.717) is 6.04 Å². The fourth-order valence-electron chi connectivity index (χ4n) is 3.35. The van der Waals surface area contributed by atoms with E-state index in [4.69, 9.17) is 4.74 Å². The number of hydrogen-bond donors (Lipinski definition) is 1. The predicted octanol–water partition coefficient (Wildman–Crippen LogP) is 5.32. The second kappa shape index (κ2) is 8.19. The van der Waals surface area contributed by atoms with Crippen LogP contribution in [0.5, 0.6) is 5.75 Å². The second-order valence-corrected chi connectivity index (χ2v) is 7.20. The normalized spacial score (nSPS) is 23.8. The number of hydrogen-bond acceptors (Lipinski definition) is 2. The van der Waals surface area contributed by atoms with Crippen LogP contribution in [0.15, 0.2) is 22.7 Å². The Balaban J connectivity index is 2.16. The highest BCUT2D eigenvalue weighted by molar-refractivity contribution is 9.10. The third-order valence-corrected chi connectivity index (χ3v) is 5.30. The average Bonchev–Trinajstić information content (AvgIpc) is 2.49. The van der Waals surface area contributed by atoms with Crippen molar-refractivity contribution in [2.24, 2.45) is 11.8 Å². The van der Waals surface area contributed by atoms with E-state index in [-0.39, 0.29) is 0 Å². The van der Waals surface area contributed by atoms with Gasteiger partial charge in [-0.3, -0.25) is 0 Å². The van der Waals surface area contributed by atoms with Crippen LogP contribution in [0.1, 0.15) is 57.6 Å². The molecule has 0 aliphatic heterocycles. The summed E-state index contributed by atoms with van der Waals surface area (Å²) in [4.78, 5) is 0. The monoisotopic (exact) mass is 353 g/mol. The molecule has 1 aliphatic carbocycles. The standard InChI is InChI=1S/C18H28BrNO/c1-4-11-20-18(14-7-5-13(2)6-8-14)15-9-10-17(21-3)16(19)12-15/h9-10,12-14,18,20H,4-8,11H2,1-3H3. The van der Waals surface area contributed by atoms with Crippen molar-refractivity contribution in [3.63, 3.8) is 0 Å². The molecule has 0 amide bonds. The Hall–Kier alpha value is -0.540. The van der Waals surface area contributed by atoms with Gasteiger partial charge in [0.1, 0.15) is 5.75 Å². The lowest BCUT2D eigenvalue weighted by Crippen LogP contribution is -2.31. The Morgan fingerprint density at radius 1 is 1.29 bits per heavy atom. The molecule has 0 radical (unpaired) electrons. The van der Waals surface area contributed by atoms with E-state index in [1.165, 1.54) is 37.7 Å². The maximum absolute atomic E-state index is 5.35. The molecule has 3 heteroatoms. The molecule has 1 saturated carbocycles. The maximum Gasteiger partial charge on any atom is 0.133 e. The number of rotatable bonds is 6. The van der Waals surface area contributed by atoms with Crippen LogP contribution in [0.3, 0.4) is 0 Å². The summed E-state index contributed by atoms with van der Waals surface area (Å²) in [6, 6.07) is 6.99. The van der Waals surface area contributed by atoms with E-state index in [1.54, 1.807) is 7.11 Å². The van der Waals surface area contributed by atoms with E-state index in [0.717, 1.165) is 28.6 Å². The number of nitrogens with one attached hydrogen (secondary N) is 1. The summed E-state index contributed by atoms with van der Waals surface area (Å²) in [5.41, 5.74) is 1.38. The third-order valence-electron chi connectivity index (χ3n) is 4.68. The van der Waals surface area contributed by atoms with Gasteiger partial charge in [-0.05, 0) is 71.3 Å². The first-order chi connectivity index (χ1) is 10.2. The molecule has 1 atom stereocenters. The minimum Gasteiger partial charge on any atom is -0.496 e. The molecule has 1 aliphatic rings. The molecule has 0 saturated heterocycles. The van der Waals surface area contributed by atoms with Gasteiger partial charge in [-0.15, -0.1) is 0 Å². The number of halogens is 1. The van der Waals surface area contributed by atoms with Gasteiger partial charge in [-0.1, -0.05) is 32.8 Å². The van der Waals surface area contributed by atoms with Crippen LogP contribution in [0.4, 0.5) is 0 Å². The lowest BCUT2D eigenvalue weighted by atomic mass is 9.77. The molecule has 118 valence electrons. The van der Waals surface area contributed by atoms with Crippen molar-refractivity contribution in [3.8, 4) is 5.75 Å². The summed E-state index contributed by atoms with van der Waals surface area (Å²) in [6.45, 7) is 5.70. The third kappa shape index (κ3) is 4.46. The van der Waals surface area contributed by atoms with Crippen LogP contribution < -0.4 is 10.1 Å².